The molecule has 1 aromatic rings. The highest BCUT2D eigenvalue weighted by molar-refractivity contribution is 6.30. The molecule has 0 aliphatic rings. The lowest BCUT2D eigenvalue weighted by Gasteiger charge is -2.13. The molecule has 18 heavy (non-hydrogen) atoms. The van der Waals surface area contributed by atoms with E-state index in [-0.39, 0.29) is 5.91 Å². The SMILES string of the molecule is CC(C)CC(O)CNC(=O)Cc1ccc(Cl)cc1. The van der Waals surface area contributed by atoms with Gasteiger partial charge in [-0.15, -0.1) is 0 Å². The molecule has 0 aliphatic heterocycles. The fourth-order valence-electron chi connectivity index (χ4n) is 1.71. The molecule has 0 heterocycles. The van der Waals surface area contributed by atoms with Crippen LogP contribution in [0.15, 0.2) is 24.3 Å². The van der Waals surface area contributed by atoms with Gasteiger partial charge in [-0.05, 0) is 30.0 Å². The number of halogens is 1. The molecule has 100 valence electrons. The third-order valence-electron chi connectivity index (χ3n) is 2.56. The van der Waals surface area contributed by atoms with Crippen molar-refractivity contribution in [2.45, 2.75) is 32.8 Å². The summed E-state index contributed by atoms with van der Waals surface area (Å²) < 4.78 is 0. The molecule has 4 heteroatoms. The zero-order chi connectivity index (χ0) is 13.5. The minimum atomic E-state index is -0.473. The normalized spacial score (nSPS) is 12.5. The van der Waals surface area contributed by atoms with Crippen LogP contribution in [0, 0.1) is 5.92 Å². The Morgan fingerprint density at radius 1 is 1.33 bits per heavy atom. The van der Waals surface area contributed by atoms with E-state index in [9.17, 15) is 9.90 Å². The Labute approximate surface area is 113 Å². The second-order valence-electron chi connectivity index (χ2n) is 4.89. The Morgan fingerprint density at radius 2 is 1.94 bits per heavy atom. The number of amides is 1. The van der Waals surface area contributed by atoms with Crippen molar-refractivity contribution in [2.24, 2.45) is 5.92 Å². The number of rotatable bonds is 6. The van der Waals surface area contributed by atoms with Crippen molar-refractivity contribution >= 4 is 17.5 Å². The highest BCUT2D eigenvalue weighted by Crippen LogP contribution is 2.10. The van der Waals surface area contributed by atoms with Crippen LogP contribution in [0.1, 0.15) is 25.8 Å². The molecule has 1 amide bonds. The Balaban J connectivity index is 2.31. The number of carbonyl (C=O) groups excluding carboxylic acids is 1. The Hall–Kier alpha value is -1.06. The van der Waals surface area contributed by atoms with Crippen molar-refractivity contribution in [3.05, 3.63) is 34.9 Å². The smallest absolute Gasteiger partial charge is 0.224 e. The third kappa shape index (κ3) is 6.03. The highest BCUT2D eigenvalue weighted by Gasteiger charge is 2.09. The first-order chi connectivity index (χ1) is 8.47. The molecule has 1 aromatic carbocycles. The van der Waals surface area contributed by atoms with Crippen molar-refractivity contribution in [2.75, 3.05) is 6.54 Å². The zero-order valence-corrected chi connectivity index (χ0v) is 11.6. The van der Waals surface area contributed by atoms with Gasteiger partial charge in [0.25, 0.3) is 0 Å². The summed E-state index contributed by atoms with van der Waals surface area (Å²) >= 11 is 5.77. The van der Waals surface area contributed by atoms with Crippen molar-refractivity contribution in [3.63, 3.8) is 0 Å². The van der Waals surface area contributed by atoms with Gasteiger partial charge in [0.1, 0.15) is 0 Å². The maximum Gasteiger partial charge on any atom is 0.224 e. The average molecular weight is 270 g/mol. The van der Waals surface area contributed by atoms with Gasteiger partial charge in [0.05, 0.1) is 12.5 Å². The fourth-order valence-corrected chi connectivity index (χ4v) is 1.84. The molecular weight excluding hydrogens is 250 g/mol. The second-order valence-corrected chi connectivity index (χ2v) is 5.33. The predicted octanol–water partition coefficient (Wildman–Crippen LogP) is 2.41. The van der Waals surface area contributed by atoms with Crippen LogP contribution >= 0.6 is 11.6 Å². The van der Waals surface area contributed by atoms with E-state index in [1.807, 2.05) is 26.0 Å². The van der Waals surface area contributed by atoms with Crippen LogP contribution in [0.2, 0.25) is 5.02 Å². The van der Waals surface area contributed by atoms with Crippen molar-refractivity contribution < 1.29 is 9.90 Å². The van der Waals surface area contributed by atoms with Gasteiger partial charge in [-0.3, -0.25) is 4.79 Å². The summed E-state index contributed by atoms with van der Waals surface area (Å²) in [6.45, 7) is 4.39. The molecule has 1 unspecified atom stereocenters. The van der Waals surface area contributed by atoms with Crippen LogP contribution in [0.25, 0.3) is 0 Å². The van der Waals surface area contributed by atoms with Gasteiger partial charge in [-0.1, -0.05) is 37.6 Å². The Morgan fingerprint density at radius 3 is 2.50 bits per heavy atom. The van der Waals surface area contributed by atoms with Gasteiger partial charge >= 0.3 is 0 Å². The van der Waals surface area contributed by atoms with Gasteiger partial charge in [0.2, 0.25) is 5.91 Å². The monoisotopic (exact) mass is 269 g/mol. The molecule has 0 aliphatic carbocycles. The van der Waals surface area contributed by atoms with Gasteiger partial charge < -0.3 is 10.4 Å². The van der Waals surface area contributed by atoms with E-state index < -0.39 is 6.10 Å². The van der Waals surface area contributed by atoms with E-state index >= 15 is 0 Å². The first-order valence-corrected chi connectivity index (χ1v) is 6.54. The summed E-state index contributed by atoms with van der Waals surface area (Å²) in [6, 6.07) is 7.18. The number of aliphatic hydroxyl groups is 1. The second kappa shape index (κ2) is 7.39. The largest absolute Gasteiger partial charge is 0.391 e. The molecule has 1 atom stereocenters. The third-order valence-corrected chi connectivity index (χ3v) is 2.81. The van der Waals surface area contributed by atoms with Crippen molar-refractivity contribution in [3.8, 4) is 0 Å². The number of hydrogen-bond acceptors (Lipinski definition) is 2. The summed E-state index contributed by atoms with van der Waals surface area (Å²) in [5, 5.41) is 13.0. The van der Waals surface area contributed by atoms with Gasteiger partial charge in [0.15, 0.2) is 0 Å². The molecular formula is C14H20ClNO2. The molecule has 0 bridgehead atoms. The fraction of sp³-hybridized carbons (Fsp3) is 0.500. The first kappa shape index (κ1) is 15.0. The maximum absolute atomic E-state index is 11.6. The van der Waals surface area contributed by atoms with E-state index in [1.54, 1.807) is 12.1 Å². The summed E-state index contributed by atoms with van der Waals surface area (Å²) in [7, 11) is 0. The number of nitrogens with one attached hydrogen (secondary N) is 1. The van der Waals surface area contributed by atoms with E-state index in [2.05, 4.69) is 5.32 Å². The van der Waals surface area contributed by atoms with Gasteiger partial charge in [0, 0.05) is 11.6 Å². The summed E-state index contributed by atoms with van der Waals surface area (Å²) in [4.78, 5) is 11.6. The Kier molecular flexibility index (Phi) is 6.16. The van der Waals surface area contributed by atoms with E-state index in [0.717, 1.165) is 5.56 Å². The van der Waals surface area contributed by atoms with Crippen LogP contribution in [-0.4, -0.2) is 23.7 Å². The standard InChI is InChI=1S/C14H20ClNO2/c1-10(2)7-13(17)9-16-14(18)8-11-3-5-12(15)6-4-11/h3-6,10,13,17H,7-9H2,1-2H3,(H,16,18). The molecule has 0 saturated carbocycles. The average Bonchev–Trinajstić information content (AvgIpc) is 2.29. The van der Waals surface area contributed by atoms with E-state index in [1.165, 1.54) is 0 Å². The first-order valence-electron chi connectivity index (χ1n) is 6.16. The maximum atomic E-state index is 11.6. The molecule has 0 radical (unpaired) electrons. The quantitative estimate of drug-likeness (QED) is 0.833. The van der Waals surface area contributed by atoms with Gasteiger partial charge in [-0.2, -0.15) is 0 Å². The summed E-state index contributed by atoms with van der Waals surface area (Å²) in [5.74, 6) is 0.341. The minimum absolute atomic E-state index is 0.0832. The number of hydrogen-bond donors (Lipinski definition) is 2. The van der Waals surface area contributed by atoms with Crippen molar-refractivity contribution in [1.29, 1.82) is 0 Å². The topological polar surface area (TPSA) is 49.3 Å². The molecule has 0 saturated heterocycles. The summed E-state index contributed by atoms with van der Waals surface area (Å²) in [5.41, 5.74) is 0.912. The summed E-state index contributed by atoms with van der Waals surface area (Å²) in [6.07, 6.45) is 0.534. The number of benzene rings is 1. The van der Waals surface area contributed by atoms with Crippen molar-refractivity contribution in [1.82, 2.24) is 5.32 Å². The molecule has 3 nitrogen and oxygen atoms in total. The molecule has 0 fully saturated rings. The lowest BCUT2D eigenvalue weighted by Crippen LogP contribution is -2.33. The molecule has 2 N–H and O–H groups in total. The number of aliphatic hydroxyl groups excluding tert-OH is 1. The minimum Gasteiger partial charge on any atom is -0.391 e. The molecule has 1 rings (SSSR count). The van der Waals surface area contributed by atoms with E-state index in [0.29, 0.717) is 30.3 Å². The van der Waals surface area contributed by atoms with Crippen LogP contribution < -0.4 is 5.32 Å². The lowest BCUT2D eigenvalue weighted by atomic mass is 10.1. The van der Waals surface area contributed by atoms with Crippen LogP contribution in [0.4, 0.5) is 0 Å². The van der Waals surface area contributed by atoms with Crippen LogP contribution in [-0.2, 0) is 11.2 Å². The lowest BCUT2D eigenvalue weighted by molar-refractivity contribution is -0.120. The molecule has 0 aromatic heterocycles. The van der Waals surface area contributed by atoms with Crippen LogP contribution in [0.3, 0.4) is 0 Å². The Bertz CT molecular complexity index is 376. The predicted molar refractivity (Wildman–Crippen MR) is 73.6 cm³/mol. The zero-order valence-electron chi connectivity index (χ0n) is 10.8. The van der Waals surface area contributed by atoms with E-state index in [4.69, 9.17) is 11.6 Å². The van der Waals surface area contributed by atoms with Crippen LogP contribution in [0.5, 0.6) is 0 Å². The molecule has 0 spiro atoms. The number of carbonyl (C=O) groups is 1. The highest BCUT2D eigenvalue weighted by atomic mass is 35.5. The van der Waals surface area contributed by atoms with Gasteiger partial charge in [-0.25, -0.2) is 0 Å².